The predicted octanol–water partition coefficient (Wildman–Crippen LogP) is 0.411. The van der Waals surface area contributed by atoms with E-state index < -0.39 is 10.0 Å². The lowest BCUT2D eigenvalue weighted by Gasteiger charge is -2.27. The number of nitrogens with one attached hydrogen (secondary N) is 1. The van der Waals surface area contributed by atoms with Crippen LogP contribution in [0.3, 0.4) is 0 Å². The summed E-state index contributed by atoms with van der Waals surface area (Å²) in [5, 5.41) is 1.63. The van der Waals surface area contributed by atoms with Gasteiger partial charge in [-0.1, -0.05) is 0 Å². The van der Waals surface area contributed by atoms with Gasteiger partial charge in [0.2, 0.25) is 0 Å². The van der Waals surface area contributed by atoms with Crippen LogP contribution in [0.15, 0.2) is 17.0 Å². The average molecular weight is 285 g/mol. The Labute approximate surface area is 113 Å². The first-order valence-corrected chi connectivity index (χ1v) is 7.60. The summed E-state index contributed by atoms with van der Waals surface area (Å²) in [5.74, 6) is 0. The summed E-state index contributed by atoms with van der Waals surface area (Å²) < 4.78 is 29.8. The van der Waals surface area contributed by atoms with E-state index in [2.05, 4.69) is 4.83 Å². The highest BCUT2D eigenvalue weighted by Crippen LogP contribution is 2.22. The molecule has 0 atom stereocenters. The van der Waals surface area contributed by atoms with E-state index >= 15 is 0 Å². The molecule has 0 saturated carbocycles. The molecule has 2 rings (SSSR count). The van der Waals surface area contributed by atoms with Crippen molar-refractivity contribution in [1.82, 2.24) is 9.84 Å². The molecule has 1 heterocycles. The van der Waals surface area contributed by atoms with E-state index in [4.69, 9.17) is 10.5 Å². The molecule has 0 amide bonds. The van der Waals surface area contributed by atoms with Gasteiger partial charge in [-0.25, -0.2) is 13.4 Å². The molecule has 1 saturated heterocycles. The first-order valence-electron chi connectivity index (χ1n) is 6.12. The first kappa shape index (κ1) is 14.3. The Morgan fingerprint density at radius 3 is 2.42 bits per heavy atom. The quantitative estimate of drug-likeness (QED) is 0.786. The molecule has 0 spiro atoms. The molecule has 1 aliphatic rings. The molecule has 1 fully saturated rings. The van der Waals surface area contributed by atoms with Gasteiger partial charge >= 0.3 is 0 Å². The Morgan fingerprint density at radius 2 is 1.79 bits per heavy atom. The molecule has 0 unspecified atom stereocenters. The van der Waals surface area contributed by atoms with Gasteiger partial charge in [-0.3, -0.25) is 0 Å². The van der Waals surface area contributed by atoms with E-state index in [1.807, 2.05) is 13.8 Å². The molecule has 0 aliphatic carbocycles. The Bertz CT molecular complexity index is 566. The maximum atomic E-state index is 12.3. The number of benzene rings is 1. The van der Waals surface area contributed by atoms with Crippen LogP contribution in [0.4, 0.5) is 5.69 Å². The summed E-state index contributed by atoms with van der Waals surface area (Å²) in [5.41, 5.74) is 7.96. The molecule has 106 valence electrons. The molecule has 7 heteroatoms. The van der Waals surface area contributed by atoms with Crippen LogP contribution in [0.5, 0.6) is 0 Å². The number of hydrogen-bond acceptors (Lipinski definition) is 5. The highest BCUT2D eigenvalue weighted by Gasteiger charge is 2.22. The fraction of sp³-hybridized carbons (Fsp3) is 0.500. The van der Waals surface area contributed by atoms with Gasteiger partial charge < -0.3 is 10.5 Å². The van der Waals surface area contributed by atoms with E-state index in [1.54, 1.807) is 17.1 Å². The summed E-state index contributed by atoms with van der Waals surface area (Å²) in [7, 11) is -3.63. The van der Waals surface area contributed by atoms with Crippen molar-refractivity contribution in [3.63, 3.8) is 0 Å². The Hall–Kier alpha value is -1.15. The number of nitrogens with two attached hydrogens (primary N) is 1. The molecule has 1 aliphatic heterocycles. The zero-order chi connectivity index (χ0) is 14.0. The third-order valence-corrected chi connectivity index (χ3v) is 4.61. The van der Waals surface area contributed by atoms with E-state index in [1.165, 1.54) is 0 Å². The number of rotatable bonds is 3. The lowest BCUT2D eigenvalue weighted by atomic mass is 10.1. The minimum absolute atomic E-state index is 0.127. The number of ether oxygens (including phenoxy) is 1. The van der Waals surface area contributed by atoms with Gasteiger partial charge in [0.05, 0.1) is 18.9 Å². The molecule has 0 bridgehead atoms. The number of aryl methyl sites for hydroxylation is 2. The minimum atomic E-state index is -3.63. The van der Waals surface area contributed by atoms with E-state index in [0.29, 0.717) is 26.3 Å². The highest BCUT2D eigenvalue weighted by molar-refractivity contribution is 7.89. The molecule has 6 nitrogen and oxygen atoms in total. The SMILES string of the molecule is Cc1cc(N)c(S(=O)(=O)NN2CCOCC2)cc1C. The van der Waals surface area contributed by atoms with Crippen molar-refractivity contribution < 1.29 is 13.2 Å². The van der Waals surface area contributed by atoms with Gasteiger partial charge in [0.1, 0.15) is 4.90 Å². The van der Waals surface area contributed by atoms with Crippen molar-refractivity contribution >= 4 is 15.7 Å². The maximum Gasteiger partial charge on any atom is 0.255 e. The van der Waals surface area contributed by atoms with Gasteiger partial charge in [0.25, 0.3) is 10.0 Å². The number of nitrogens with zero attached hydrogens (tertiary/aromatic N) is 1. The van der Waals surface area contributed by atoms with Crippen LogP contribution in [0.1, 0.15) is 11.1 Å². The third-order valence-electron chi connectivity index (χ3n) is 3.18. The topological polar surface area (TPSA) is 84.7 Å². The van der Waals surface area contributed by atoms with Gasteiger partial charge in [-0.15, -0.1) is 4.83 Å². The number of hydrogen-bond donors (Lipinski definition) is 2. The van der Waals surface area contributed by atoms with Crippen LogP contribution < -0.4 is 10.6 Å². The maximum absolute atomic E-state index is 12.3. The number of sulfonamides is 1. The summed E-state index contributed by atoms with van der Waals surface area (Å²) >= 11 is 0. The Balaban J connectivity index is 2.26. The van der Waals surface area contributed by atoms with Crippen molar-refractivity contribution in [3.8, 4) is 0 Å². The molecular formula is C12H19N3O3S. The standard InChI is InChI=1S/C12H19N3O3S/c1-9-7-11(13)12(8-10(9)2)19(16,17)14-15-3-5-18-6-4-15/h7-8,14H,3-6,13H2,1-2H3. The van der Waals surface area contributed by atoms with Crippen LogP contribution in [-0.4, -0.2) is 39.7 Å². The number of morpholine rings is 1. The van der Waals surface area contributed by atoms with Gasteiger partial charge in [-0.05, 0) is 37.1 Å². The number of anilines is 1. The molecule has 19 heavy (non-hydrogen) atoms. The summed E-state index contributed by atoms with van der Waals surface area (Å²) in [6, 6.07) is 3.29. The first-order chi connectivity index (χ1) is 8.90. The molecular weight excluding hydrogens is 266 g/mol. The fourth-order valence-electron chi connectivity index (χ4n) is 1.92. The molecule has 1 aromatic carbocycles. The van der Waals surface area contributed by atoms with E-state index in [0.717, 1.165) is 11.1 Å². The zero-order valence-corrected chi connectivity index (χ0v) is 12.0. The Kier molecular flexibility index (Phi) is 4.10. The molecule has 3 N–H and O–H groups in total. The van der Waals surface area contributed by atoms with Gasteiger partial charge in [0, 0.05) is 13.1 Å². The number of hydrazine groups is 1. The second kappa shape index (κ2) is 5.46. The van der Waals surface area contributed by atoms with Crippen molar-refractivity contribution in [2.24, 2.45) is 0 Å². The van der Waals surface area contributed by atoms with Crippen molar-refractivity contribution in [1.29, 1.82) is 0 Å². The predicted molar refractivity (Wildman–Crippen MR) is 73.0 cm³/mol. The van der Waals surface area contributed by atoms with Gasteiger partial charge in [-0.2, -0.15) is 0 Å². The zero-order valence-electron chi connectivity index (χ0n) is 11.1. The van der Waals surface area contributed by atoms with Crippen molar-refractivity contribution in [2.45, 2.75) is 18.7 Å². The molecule has 1 aromatic rings. The normalized spacial score (nSPS) is 17.6. The lowest BCUT2D eigenvalue weighted by molar-refractivity contribution is 0.0272. The third kappa shape index (κ3) is 3.24. The summed E-state index contributed by atoms with van der Waals surface area (Å²) in [6.07, 6.45) is 0. The van der Waals surface area contributed by atoms with Crippen molar-refractivity contribution in [3.05, 3.63) is 23.3 Å². The summed E-state index contributed by atoms with van der Waals surface area (Å²) in [6.45, 7) is 5.86. The van der Waals surface area contributed by atoms with Gasteiger partial charge in [0.15, 0.2) is 0 Å². The van der Waals surface area contributed by atoms with Crippen LogP contribution >= 0.6 is 0 Å². The van der Waals surface area contributed by atoms with E-state index in [9.17, 15) is 8.42 Å². The average Bonchev–Trinajstić information content (AvgIpc) is 2.34. The Morgan fingerprint density at radius 1 is 1.21 bits per heavy atom. The second-order valence-corrected chi connectivity index (χ2v) is 6.30. The van der Waals surface area contributed by atoms with Crippen LogP contribution in [0.2, 0.25) is 0 Å². The largest absolute Gasteiger partial charge is 0.398 e. The molecule has 0 aromatic heterocycles. The van der Waals surface area contributed by atoms with Crippen LogP contribution in [0, 0.1) is 13.8 Å². The van der Waals surface area contributed by atoms with E-state index in [-0.39, 0.29) is 10.6 Å². The smallest absolute Gasteiger partial charge is 0.255 e. The van der Waals surface area contributed by atoms with Crippen LogP contribution in [-0.2, 0) is 14.8 Å². The fourth-order valence-corrected chi connectivity index (χ4v) is 3.24. The lowest BCUT2D eigenvalue weighted by Crippen LogP contribution is -2.48. The summed E-state index contributed by atoms with van der Waals surface area (Å²) in [4.78, 5) is 2.67. The number of nitrogen functional groups attached to an aromatic ring is 1. The van der Waals surface area contributed by atoms with Crippen LogP contribution in [0.25, 0.3) is 0 Å². The monoisotopic (exact) mass is 285 g/mol. The minimum Gasteiger partial charge on any atom is -0.398 e. The molecule has 0 radical (unpaired) electrons. The highest BCUT2D eigenvalue weighted by atomic mass is 32.2. The van der Waals surface area contributed by atoms with Crippen molar-refractivity contribution in [2.75, 3.05) is 32.0 Å². The second-order valence-electron chi connectivity index (χ2n) is 4.67.